The Bertz CT molecular complexity index is 1280. The van der Waals surface area contributed by atoms with Crippen LogP contribution in [-0.4, -0.2) is 53.3 Å². The minimum absolute atomic E-state index is 0.0246. The maximum absolute atomic E-state index is 15.3. The number of phenols is 1. The average molecular weight is 561 g/mol. The molecule has 0 radical (unpaired) electrons. The molecule has 1 N–H and O–H groups in total. The van der Waals surface area contributed by atoms with Crippen LogP contribution in [0.4, 0.5) is 10.2 Å². The third-order valence-corrected chi connectivity index (χ3v) is 7.76. The lowest BCUT2D eigenvalue weighted by atomic mass is 9.60. The van der Waals surface area contributed by atoms with E-state index < -0.39 is 9.77 Å². The van der Waals surface area contributed by atoms with Crippen LogP contribution in [0.5, 0.6) is 11.6 Å². The van der Waals surface area contributed by atoms with Crippen LogP contribution >= 0.6 is 37.9 Å². The molecule has 2 bridgehead atoms. The van der Waals surface area contributed by atoms with E-state index in [9.17, 15) is 5.11 Å². The van der Waals surface area contributed by atoms with Gasteiger partial charge in [0.05, 0.1) is 24.0 Å². The Morgan fingerprint density at radius 2 is 1.92 bits per heavy atom. The lowest BCUT2D eigenvalue weighted by Gasteiger charge is -2.50. The number of rotatable bonds is 6. The number of anilines is 1. The third kappa shape index (κ3) is 5.75. The van der Waals surface area contributed by atoms with Gasteiger partial charge >= 0.3 is 0 Å². The first-order valence-corrected chi connectivity index (χ1v) is 13.4. The maximum Gasteiger partial charge on any atom is 0.243 e. The molecule has 2 fully saturated rings. The number of hydrogen-bond donors (Lipinski definition) is 4. The van der Waals surface area contributed by atoms with E-state index >= 15 is 4.39 Å². The fourth-order valence-electron chi connectivity index (χ4n) is 5.69. The highest BCUT2D eigenvalue weighted by Crippen LogP contribution is 2.50. The number of alkyl halides is 1. The summed E-state index contributed by atoms with van der Waals surface area (Å²) < 4.78 is 19.4. The van der Waals surface area contributed by atoms with E-state index in [4.69, 9.17) is 4.74 Å². The largest absolute Gasteiger partial charge is 0.507 e. The number of aromatic hydroxyl groups is 1. The summed E-state index contributed by atoms with van der Waals surface area (Å²) in [5.74, 6) is 1.04. The monoisotopic (exact) mass is 560 g/mol. The molecule has 8 nitrogen and oxygen atoms in total. The van der Waals surface area contributed by atoms with Crippen molar-refractivity contribution in [2.45, 2.75) is 54.8 Å². The summed E-state index contributed by atoms with van der Waals surface area (Å²) in [5, 5.41) is 27.1. The Morgan fingerprint density at radius 1 is 1.11 bits per heavy atom. The Hall–Kier alpha value is -2.31. The molecule has 0 unspecified atom stereocenters. The third-order valence-electron chi connectivity index (χ3n) is 7.48. The molecule has 2 heterocycles. The quantitative estimate of drug-likeness (QED) is 0.241. The minimum atomic E-state index is -1.32. The molecule has 0 saturated heterocycles. The van der Waals surface area contributed by atoms with Crippen molar-refractivity contribution in [1.29, 1.82) is 0 Å². The average Bonchev–Trinajstić information content (AvgIpc) is 2.85. The summed E-state index contributed by atoms with van der Waals surface area (Å²) in [7, 11) is 1.86. The van der Waals surface area contributed by atoms with Gasteiger partial charge in [-0.3, -0.25) is 0 Å². The van der Waals surface area contributed by atoms with Crippen molar-refractivity contribution in [2.75, 3.05) is 11.9 Å². The predicted octanol–water partition coefficient (Wildman–Crippen LogP) is 5.22. The normalized spacial score (nSPS) is 25.5. The van der Waals surface area contributed by atoms with Gasteiger partial charge in [0.25, 0.3) is 0 Å². The minimum Gasteiger partial charge on any atom is -0.507 e. The molecule has 3 aromatic rings. The summed E-state index contributed by atoms with van der Waals surface area (Å²) in [4.78, 5) is 6.30. The second kappa shape index (κ2) is 10.1. The van der Waals surface area contributed by atoms with E-state index in [1.165, 1.54) is 0 Å². The summed E-state index contributed by atoms with van der Waals surface area (Å²) in [6.45, 7) is 2.27. The lowest BCUT2D eigenvalue weighted by molar-refractivity contribution is 0.0113. The second-order valence-electron chi connectivity index (χ2n) is 10.3. The van der Waals surface area contributed by atoms with Gasteiger partial charge in [-0.25, -0.2) is 9.37 Å². The van der Waals surface area contributed by atoms with Crippen molar-refractivity contribution >= 4 is 43.7 Å². The highest BCUT2D eigenvalue weighted by atomic mass is 32.2. The standard InChI is InChI=1S/C25H29FN6O2S3/c1-24-7-3-4-15(10-24)22(26)18(11-24)32(2)20-13-27-23(31-29-20)17-6-5-14(8-19(17)33)16-9-21(30-28-12-16)34-25(35,36)37/h5-6,8-9,12-13,15,18,22,33,35-37H,3-4,7,10-11H2,1-2H3/t15-,18-,22+,24+/m0/s1. The van der Waals surface area contributed by atoms with E-state index in [1.807, 2.05) is 11.9 Å². The van der Waals surface area contributed by atoms with Gasteiger partial charge in [0.15, 0.2) is 11.6 Å². The maximum atomic E-state index is 15.3. The molecule has 196 valence electrons. The zero-order valence-corrected chi connectivity index (χ0v) is 23.2. The topological polar surface area (TPSA) is 97.2 Å². The number of fused-ring (bicyclic) bond motifs is 2. The smallest absolute Gasteiger partial charge is 0.243 e. The number of nitrogens with zero attached hydrogens (tertiary/aromatic N) is 6. The molecule has 0 spiro atoms. The molecule has 2 aromatic heterocycles. The molecular formula is C25H29FN6O2S3. The molecule has 37 heavy (non-hydrogen) atoms. The van der Waals surface area contributed by atoms with Crippen molar-refractivity contribution in [3.8, 4) is 34.1 Å². The summed E-state index contributed by atoms with van der Waals surface area (Å²) in [6, 6.07) is 6.46. The first kappa shape index (κ1) is 26.3. The van der Waals surface area contributed by atoms with E-state index in [2.05, 4.69) is 70.2 Å². The highest BCUT2D eigenvalue weighted by molar-refractivity contribution is 8.16. The first-order valence-electron chi connectivity index (χ1n) is 12.1. The Labute approximate surface area is 231 Å². The second-order valence-corrected chi connectivity index (χ2v) is 13.3. The molecule has 1 aromatic carbocycles. The van der Waals surface area contributed by atoms with Crippen LogP contribution in [0.15, 0.2) is 36.7 Å². The van der Waals surface area contributed by atoms with Gasteiger partial charge in [0.1, 0.15) is 11.9 Å². The molecule has 2 aliphatic rings. The van der Waals surface area contributed by atoms with Gasteiger partial charge in [0, 0.05) is 18.7 Å². The molecule has 2 aliphatic carbocycles. The fourth-order valence-corrected chi connectivity index (χ4v) is 5.97. The first-order chi connectivity index (χ1) is 17.5. The Balaban J connectivity index is 1.34. The number of phenolic OH excluding ortho intramolecular Hbond substituents is 1. The van der Waals surface area contributed by atoms with E-state index in [-0.39, 0.29) is 34.8 Å². The summed E-state index contributed by atoms with van der Waals surface area (Å²) in [5.41, 5.74) is 1.94. The van der Waals surface area contributed by atoms with Crippen LogP contribution in [0.3, 0.4) is 0 Å². The molecule has 12 heteroatoms. The zero-order chi connectivity index (χ0) is 26.4. The van der Waals surface area contributed by atoms with Gasteiger partial charge in [-0.2, -0.15) is 5.10 Å². The molecule has 0 amide bonds. The molecular weight excluding hydrogens is 532 g/mol. The van der Waals surface area contributed by atoms with Gasteiger partial charge < -0.3 is 14.7 Å². The summed E-state index contributed by atoms with van der Waals surface area (Å²) >= 11 is 12.3. The van der Waals surface area contributed by atoms with Crippen LogP contribution in [0.25, 0.3) is 22.5 Å². The molecule has 4 atom stereocenters. The number of aromatic nitrogens is 5. The van der Waals surface area contributed by atoms with E-state index in [0.29, 0.717) is 22.5 Å². The van der Waals surface area contributed by atoms with Crippen molar-refractivity contribution in [2.24, 2.45) is 11.3 Å². The van der Waals surface area contributed by atoms with Crippen molar-refractivity contribution in [3.63, 3.8) is 0 Å². The van der Waals surface area contributed by atoms with Gasteiger partial charge in [0.2, 0.25) is 9.48 Å². The number of ether oxygens (including phenoxy) is 1. The van der Waals surface area contributed by atoms with Crippen LogP contribution in [0.2, 0.25) is 0 Å². The number of halogens is 1. The lowest BCUT2D eigenvalue weighted by Crippen LogP contribution is -2.52. The van der Waals surface area contributed by atoms with Crippen molar-refractivity contribution < 1.29 is 14.2 Å². The number of benzene rings is 1. The Morgan fingerprint density at radius 3 is 2.62 bits per heavy atom. The number of hydrogen-bond acceptors (Lipinski definition) is 11. The van der Waals surface area contributed by atoms with Crippen LogP contribution in [0.1, 0.15) is 39.0 Å². The van der Waals surface area contributed by atoms with Crippen LogP contribution in [0, 0.1) is 11.3 Å². The fraction of sp³-hybridized carbons (Fsp3) is 0.480. The van der Waals surface area contributed by atoms with Crippen molar-refractivity contribution in [1.82, 2.24) is 25.4 Å². The SMILES string of the molecule is CN(c1cnc(-c2ccc(-c3cnnc(OC(S)(S)S)c3)cc2O)nn1)[C@H]1C[C@]2(C)CCC[C@@H](C2)[C@H]1F. The van der Waals surface area contributed by atoms with Gasteiger partial charge in [-0.15, -0.1) is 53.2 Å². The van der Waals surface area contributed by atoms with E-state index in [0.717, 1.165) is 32.1 Å². The molecule has 0 aliphatic heterocycles. The molecule has 2 saturated carbocycles. The van der Waals surface area contributed by atoms with Crippen molar-refractivity contribution in [3.05, 3.63) is 36.7 Å². The van der Waals surface area contributed by atoms with Gasteiger partial charge in [-0.05, 0) is 54.7 Å². The van der Waals surface area contributed by atoms with Gasteiger partial charge in [-0.1, -0.05) is 19.4 Å². The number of thiol groups is 3. The molecule has 5 rings (SSSR count). The Kier molecular flexibility index (Phi) is 7.18. The van der Waals surface area contributed by atoms with E-state index in [1.54, 1.807) is 36.7 Å². The van der Waals surface area contributed by atoms with Crippen LogP contribution in [-0.2, 0) is 0 Å². The zero-order valence-electron chi connectivity index (χ0n) is 20.5. The predicted molar refractivity (Wildman–Crippen MR) is 150 cm³/mol. The highest BCUT2D eigenvalue weighted by Gasteiger charge is 2.47. The van der Waals surface area contributed by atoms with Crippen LogP contribution < -0.4 is 9.64 Å². The summed E-state index contributed by atoms with van der Waals surface area (Å²) in [6.07, 6.45) is 7.18.